The molecule has 12 heavy (non-hydrogen) atoms. The Hall–Kier alpha value is -0.970. The number of nitrogens with zero attached hydrogens (tertiary/aromatic N) is 1. The molecule has 0 heterocycles. The van der Waals surface area contributed by atoms with Crippen LogP contribution in [0.5, 0.6) is 0 Å². The number of carbonyl (C=O) groups excluding carboxylic acids is 2. The topological polar surface area (TPSA) is 55.8 Å². The molecule has 5 nitrogen and oxygen atoms in total. The van der Waals surface area contributed by atoms with Crippen LogP contribution in [0.4, 0.5) is 4.79 Å². The molecule has 0 atom stereocenters. The van der Waals surface area contributed by atoms with E-state index in [9.17, 15) is 9.59 Å². The number of amides is 1. The summed E-state index contributed by atoms with van der Waals surface area (Å²) >= 11 is 0. The molecule has 1 amide bonds. The van der Waals surface area contributed by atoms with Crippen molar-refractivity contribution in [3.63, 3.8) is 0 Å². The van der Waals surface area contributed by atoms with Crippen LogP contribution in [-0.4, -0.2) is 37.9 Å². The Kier molecular flexibility index (Phi) is 7.62. The van der Waals surface area contributed by atoms with Gasteiger partial charge in [0.2, 0.25) is 0 Å². The molecular weight excluding hydrogens is 186 g/mol. The highest BCUT2D eigenvalue weighted by molar-refractivity contribution is 5.85. The van der Waals surface area contributed by atoms with Crippen molar-refractivity contribution in [1.82, 2.24) is 4.90 Å². The van der Waals surface area contributed by atoms with Crippen molar-refractivity contribution in [2.75, 3.05) is 20.9 Å². The average Bonchev–Trinajstić information content (AvgIpc) is 1.98. The molecule has 6 heteroatoms. The Morgan fingerprint density at radius 1 is 1.42 bits per heavy atom. The summed E-state index contributed by atoms with van der Waals surface area (Å²) in [5, 5.41) is 0. The molecule has 0 aromatic carbocycles. The highest BCUT2D eigenvalue weighted by atomic mass is 35.5. The lowest BCUT2D eigenvalue weighted by Crippen LogP contribution is -2.29. The minimum absolute atomic E-state index is 0. The summed E-state index contributed by atoms with van der Waals surface area (Å²) in [7, 11) is 2.72. The fourth-order valence-electron chi connectivity index (χ4n) is 0.396. The molecule has 0 aromatic rings. The molecule has 0 aliphatic heterocycles. The molecular formula is C6H12ClNO4. The number of carbonyl (C=O) groups is 2. The van der Waals surface area contributed by atoms with Crippen molar-refractivity contribution in [2.24, 2.45) is 0 Å². The molecule has 0 spiro atoms. The second kappa shape index (κ2) is 6.72. The van der Waals surface area contributed by atoms with Gasteiger partial charge in [0.25, 0.3) is 0 Å². The second-order valence-electron chi connectivity index (χ2n) is 1.93. The van der Waals surface area contributed by atoms with Crippen molar-refractivity contribution < 1.29 is 19.1 Å². The Morgan fingerprint density at radius 3 is 2.25 bits per heavy atom. The van der Waals surface area contributed by atoms with Crippen LogP contribution < -0.4 is 0 Å². The number of hydrogen-bond donors (Lipinski definition) is 0. The lowest BCUT2D eigenvalue weighted by molar-refractivity contribution is -0.144. The van der Waals surface area contributed by atoms with Crippen LogP contribution in [-0.2, 0) is 14.3 Å². The maximum Gasteiger partial charge on any atom is 0.411 e. The van der Waals surface area contributed by atoms with Gasteiger partial charge < -0.3 is 9.47 Å². The highest BCUT2D eigenvalue weighted by Crippen LogP contribution is 1.88. The van der Waals surface area contributed by atoms with Crippen LogP contribution in [0.15, 0.2) is 0 Å². The lowest BCUT2D eigenvalue weighted by Gasteiger charge is -2.13. The van der Waals surface area contributed by atoms with Crippen LogP contribution >= 0.6 is 12.4 Å². The second-order valence-corrected chi connectivity index (χ2v) is 1.93. The van der Waals surface area contributed by atoms with Crippen molar-refractivity contribution in [2.45, 2.75) is 6.92 Å². The fourth-order valence-corrected chi connectivity index (χ4v) is 0.396. The molecule has 0 saturated heterocycles. The van der Waals surface area contributed by atoms with E-state index in [0.717, 1.165) is 4.90 Å². The summed E-state index contributed by atoms with van der Waals surface area (Å²) < 4.78 is 8.85. The van der Waals surface area contributed by atoms with Gasteiger partial charge in [0.1, 0.15) is 0 Å². The Bertz CT molecular complexity index is 162. The zero-order chi connectivity index (χ0) is 8.85. The quantitative estimate of drug-likeness (QED) is 0.481. The minimum atomic E-state index is -0.536. The molecule has 0 radical (unpaired) electrons. The van der Waals surface area contributed by atoms with Gasteiger partial charge in [-0.1, -0.05) is 0 Å². The van der Waals surface area contributed by atoms with E-state index in [2.05, 4.69) is 9.47 Å². The smallest absolute Gasteiger partial charge is 0.411 e. The highest BCUT2D eigenvalue weighted by Gasteiger charge is 2.07. The first-order valence-corrected chi connectivity index (χ1v) is 3.00. The summed E-state index contributed by atoms with van der Waals surface area (Å²) in [6.07, 6.45) is -0.536. The van der Waals surface area contributed by atoms with Gasteiger partial charge >= 0.3 is 12.1 Å². The predicted molar refractivity (Wildman–Crippen MR) is 44.0 cm³/mol. The van der Waals surface area contributed by atoms with Crippen LogP contribution in [0.2, 0.25) is 0 Å². The number of rotatable bonds is 2. The monoisotopic (exact) mass is 197 g/mol. The van der Waals surface area contributed by atoms with Gasteiger partial charge in [-0.25, -0.2) is 4.79 Å². The van der Waals surface area contributed by atoms with E-state index < -0.39 is 12.1 Å². The van der Waals surface area contributed by atoms with Crippen molar-refractivity contribution >= 4 is 24.5 Å². The molecule has 0 N–H and O–H groups in total. The number of ether oxygens (including phenoxy) is 2. The number of esters is 1. The summed E-state index contributed by atoms with van der Waals surface area (Å²) in [4.78, 5) is 22.0. The molecule has 0 saturated carbocycles. The van der Waals surface area contributed by atoms with Gasteiger partial charge in [-0.15, -0.1) is 12.4 Å². The Morgan fingerprint density at radius 2 is 1.92 bits per heavy atom. The Labute approximate surface area is 77.0 Å². The largest absolute Gasteiger partial charge is 0.453 e. The van der Waals surface area contributed by atoms with E-state index >= 15 is 0 Å². The Balaban J connectivity index is 0. The first-order valence-electron chi connectivity index (χ1n) is 3.00. The number of methoxy groups -OCH3 is 1. The van der Waals surface area contributed by atoms with Gasteiger partial charge in [-0.3, -0.25) is 9.69 Å². The zero-order valence-corrected chi connectivity index (χ0v) is 8.01. The predicted octanol–water partition coefficient (Wildman–Crippen LogP) is 0.627. The molecule has 0 bridgehead atoms. The van der Waals surface area contributed by atoms with E-state index in [0.29, 0.717) is 0 Å². The molecule has 0 fully saturated rings. The number of halogens is 1. The van der Waals surface area contributed by atoms with Crippen molar-refractivity contribution in [3.8, 4) is 0 Å². The maximum absolute atomic E-state index is 10.6. The SMILES string of the molecule is COC(=O)N(C)COC(C)=O.Cl. The van der Waals surface area contributed by atoms with Gasteiger partial charge in [-0.2, -0.15) is 0 Å². The third-order valence-electron chi connectivity index (χ3n) is 0.948. The summed E-state index contributed by atoms with van der Waals surface area (Å²) in [5.74, 6) is -0.430. The zero-order valence-electron chi connectivity index (χ0n) is 7.20. The lowest BCUT2D eigenvalue weighted by atomic mass is 10.8. The van der Waals surface area contributed by atoms with Crippen molar-refractivity contribution in [1.29, 1.82) is 0 Å². The molecule has 0 aromatic heterocycles. The van der Waals surface area contributed by atoms with Crippen LogP contribution in [0, 0.1) is 0 Å². The van der Waals surface area contributed by atoms with Crippen LogP contribution in [0.3, 0.4) is 0 Å². The van der Waals surface area contributed by atoms with E-state index in [1.54, 1.807) is 0 Å². The van der Waals surface area contributed by atoms with Gasteiger partial charge in [-0.05, 0) is 0 Å². The van der Waals surface area contributed by atoms with Gasteiger partial charge in [0, 0.05) is 14.0 Å². The molecule has 72 valence electrons. The van der Waals surface area contributed by atoms with Crippen LogP contribution in [0.25, 0.3) is 0 Å². The standard InChI is InChI=1S/C6H11NO4.ClH/c1-5(8)11-4-7(2)6(9)10-3;/h4H2,1-3H3;1H. The first-order chi connectivity index (χ1) is 5.07. The minimum Gasteiger partial charge on any atom is -0.453 e. The average molecular weight is 198 g/mol. The molecule has 0 unspecified atom stereocenters. The summed E-state index contributed by atoms with van der Waals surface area (Å²) in [5.41, 5.74) is 0. The fraction of sp³-hybridized carbons (Fsp3) is 0.667. The normalized spacial score (nSPS) is 7.92. The van der Waals surface area contributed by atoms with E-state index in [4.69, 9.17) is 0 Å². The van der Waals surface area contributed by atoms with Gasteiger partial charge in [0.05, 0.1) is 7.11 Å². The maximum atomic E-state index is 10.6. The van der Waals surface area contributed by atoms with Crippen LogP contribution in [0.1, 0.15) is 6.92 Å². The molecule has 0 aliphatic carbocycles. The molecule has 0 rings (SSSR count). The van der Waals surface area contributed by atoms with E-state index in [-0.39, 0.29) is 19.1 Å². The van der Waals surface area contributed by atoms with E-state index in [1.165, 1.54) is 21.1 Å². The van der Waals surface area contributed by atoms with Gasteiger partial charge in [0.15, 0.2) is 6.73 Å². The summed E-state index contributed by atoms with van der Waals surface area (Å²) in [6.45, 7) is 1.19. The number of hydrogen-bond acceptors (Lipinski definition) is 4. The third kappa shape index (κ3) is 5.79. The summed E-state index contributed by atoms with van der Waals surface area (Å²) in [6, 6.07) is 0. The van der Waals surface area contributed by atoms with Crippen molar-refractivity contribution in [3.05, 3.63) is 0 Å². The molecule has 0 aliphatic rings. The third-order valence-corrected chi connectivity index (χ3v) is 0.948. The van der Waals surface area contributed by atoms with E-state index in [1.807, 2.05) is 0 Å². The first kappa shape index (κ1) is 13.6.